The van der Waals surface area contributed by atoms with Crippen molar-refractivity contribution in [1.82, 2.24) is 14.3 Å². The van der Waals surface area contributed by atoms with Gasteiger partial charge in [-0.1, -0.05) is 30.3 Å². The Labute approximate surface area is 166 Å². The molecule has 1 aliphatic carbocycles. The first kappa shape index (κ1) is 18.9. The number of nitrogens with one attached hydrogen (secondary N) is 1. The Morgan fingerprint density at radius 3 is 2.79 bits per heavy atom. The van der Waals surface area contributed by atoms with Crippen molar-refractivity contribution >= 4 is 10.0 Å². The average Bonchev–Trinajstić information content (AvgIpc) is 3.14. The van der Waals surface area contributed by atoms with Gasteiger partial charge in [0, 0.05) is 18.8 Å². The average molecular weight is 396 g/mol. The number of rotatable bonds is 5. The van der Waals surface area contributed by atoms with Crippen LogP contribution in [0.3, 0.4) is 0 Å². The maximum Gasteiger partial charge on any atom is 0.240 e. The van der Waals surface area contributed by atoms with E-state index in [1.165, 1.54) is 24.6 Å². The minimum atomic E-state index is -3.50. The van der Waals surface area contributed by atoms with E-state index >= 15 is 0 Å². The summed E-state index contributed by atoms with van der Waals surface area (Å²) in [5, 5.41) is 0. The maximum absolute atomic E-state index is 12.3. The minimum absolute atomic E-state index is 0.267. The number of hydrogen-bond donors (Lipinski definition) is 1. The molecule has 1 atom stereocenters. The summed E-state index contributed by atoms with van der Waals surface area (Å²) in [6.45, 7) is 0. The lowest BCUT2D eigenvalue weighted by molar-refractivity contribution is 0.551. The number of sulfonamides is 1. The molecule has 1 aromatic heterocycles. The van der Waals surface area contributed by atoms with Crippen molar-refractivity contribution in [3.8, 4) is 11.3 Å². The van der Waals surface area contributed by atoms with Gasteiger partial charge >= 0.3 is 0 Å². The van der Waals surface area contributed by atoms with Crippen molar-refractivity contribution in [2.24, 2.45) is 7.05 Å². The summed E-state index contributed by atoms with van der Waals surface area (Å²) in [4.78, 5) is 4.75. The molecule has 6 heteroatoms. The molecule has 0 amide bonds. The second kappa shape index (κ2) is 7.53. The van der Waals surface area contributed by atoms with Gasteiger partial charge in [-0.25, -0.2) is 18.1 Å². The molecule has 0 saturated heterocycles. The van der Waals surface area contributed by atoms with Gasteiger partial charge in [-0.15, -0.1) is 0 Å². The molecule has 28 heavy (non-hydrogen) atoms. The molecule has 0 fully saturated rings. The molecule has 1 heterocycles. The van der Waals surface area contributed by atoms with Gasteiger partial charge in [-0.05, 0) is 67.5 Å². The third kappa shape index (κ3) is 3.62. The Hall–Kier alpha value is -2.44. The first-order valence-electron chi connectivity index (χ1n) is 9.60. The van der Waals surface area contributed by atoms with Crippen LogP contribution in [0, 0.1) is 0 Å². The summed E-state index contributed by atoms with van der Waals surface area (Å²) in [5.74, 6) is 0.444. The van der Waals surface area contributed by atoms with E-state index in [-0.39, 0.29) is 4.90 Å². The number of hydrogen-bond acceptors (Lipinski definition) is 3. The fourth-order valence-electron chi connectivity index (χ4n) is 4.14. The summed E-state index contributed by atoms with van der Waals surface area (Å²) in [6.07, 6.45) is 8.03. The molecule has 0 bridgehead atoms. The van der Waals surface area contributed by atoms with Crippen LogP contribution in [-0.2, 0) is 29.9 Å². The van der Waals surface area contributed by atoms with Crippen LogP contribution in [0.1, 0.15) is 35.4 Å². The van der Waals surface area contributed by atoms with E-state index < -0.39 is 10.0 Å². The summed E-state index contributed by atoms with van der Waals surface area (Å²) in [6, 6.07) is 14.1. The molecule has 5 nitrogen and oxygen atoms in total. The summed E-state index contributed by atoms with van der Waals surface area (Å²) in [7, 11) is -0.153. The zero-order valence-electron chi connectivity index (χ0n) is 16.2. The van der Waals surface area contributed by atoms with Gasteiger partial charge in [0.25, 0.3) is 0 Å². The molecule has 3 aromatic rings. The van der Waals surface area contributed by atoms with Crippen molar-refractivity contribution in [2.45, 2.75) is 36.5 Å². The van der Waals surface area contributed by atoms with E-state index in [1.54, 1.807) is 18.5 Å². The molecule has 1 aliphatic rings. The number of imidazole rings is 1. The van der Waals surface area contributed by atoms with E-state index in [9.17, 15) is 8.42 Å². The molecular weight excluding hydrogens is 370 g/mol. The summed E-state index contributed by atoms with van der Waals surface area (Å²) < 4.78 is 28.9. The Morgan fingerprint density at radius 1 is 1.21 bits per heavy atom. The Morgan fingerprint density at radius 2 is 2.04 bits per heavy atom. The van der Waals surface area contributed by atoms with Crippen molar-refractivity contribution < 1.29 is 8.42 Å². The lowest BCUT2D eigenvalue weighted by Gasteiger charge is -2.26. The van der Waals surface area contributed by atoms with E-state index in [1.807, 2.05) is 23.9 Å². The summed E-state index contributed by atoms with van der Waals surface area (Å²) >= 11 is 0. The fraction of sp³-hybridized carbons (Fsp3) is 0.318. The highest BCUT2D eigenvalue weighted by atomic mass is 32.2. The number of aryl methyl sites for hydroxylation is 2. The molecule has 0 unspecified atom stereocenters. The molecule has 0 radical (unpaired) electrons. The van der Waals surface area contributed by atoms with Gasteiger partial charge in [0.2, 0.25) is 10.0 Å². The van der Waals surface area contributed by atoms with Gasteiger partial charge < -0.3 is 4.57 Å². The highest BCUT2D eigenvalue weighted by Gasteiger charge is 2.23. The predicted octanol–water partition coefficient (Wildman–Crippen LogP) is 3.66. The molecule has 0 aliphatic heterocycles. The highest BCUT2D eigenvalue weighted by molar-refractivity contribution is 7.89. The molecule has 4 rings (SSSR count). The van der Waals surface area contributed by atoms with Crippen LogP contribution in [0.15, 0.2) is 59.9 Å². The molecule has 146 valence electrons. The zero-order valence-corrected chi connectivity index (χ0v) is 17.0. The van der Waals surface area contributed by atoms with Crippen molar-refractivity contribution in [2.75, 3.05) is 7.05 Å². The highest BCUT2D eigenvalue weighted by Crippen LogP contribution is 2.36. The molecule has 1 N–H and O–H groups in total. The Balaban J connectivity index is 1.77. The lowest BCUT2D eigenvalue weighted by atomic mass is 9.79. The molecule has 0 saturated carbocycles. The van der Waals surface area contributed by atoms with Gasteiger partial charge in [-0.2, -0.15) is 0 Å². The number of benzene rings is 2. The normalized spacial score (nSPS) is 16.7. The van der Waals surface area contributed by atoms with Crippen molar-refractivity contribution in [3.63, 3.8) is 0 Å². The fourth-order valence-corrected chi connectivity index (χ4v) is 4.90. The number of nitrogens with zero attached hydrogens (tertiary/aromatic N) is 2. The standard InChI is InChI=1S/C22H25N3O2S/c1-23-28(26,27)19-11-10-18(21(13-19)22-14-25(2)15-24-22)12-17-8-5-7-16-6-3-4-9-20(16)17/h3-4,6,9-11,13-15,17,23H,5,7-8,12H2,1-2H3/t17-/m0/s1. The Kier molecular flexibility index (Phi) is 5.08. The van der Waals surface area contributed by atoms with Crippen LogP contribution in [0.2, 0.25) is 0 Å². The smallest absolute Gasteiger partial charge is 0.240 e. The Bertz CT molecular complexity index is 1100. The van der Waals surface area contributed by atoms with Gasteiger partial charge in [0.1, 0.15) is 0 Å². The van der Waals surface area contributed by atoms with Crippen molar-refractivity contribution in [1.29, 1.82) is 0 Å². The third-order valence-corrected chi connectivity index (χ3v) is 7.01. The van der Waals surface area contributed by atoms with E-state index in [0.29, 0.717) is 5.92 Å². The zero-order chi connectivity index (χ0) is 19.7. The SMILES string of the molecule is CNS(=O)(=O)c1ccc(C[C@@H]2CCCc3ccccc32)c(-c2cn(C)cn2)c1. The topological polar surface area (TPSA) is 64.0 Å². The van der Waals surface area contributed by atoms with Crippen LogP contribution >= 0.6 is 0 Å². The second-order valence-electron chi connectivity index (χ2n) is 7.44. The van der Waals surface area contributed by atoms with Crippen LogP contribution < -0.4 is 4.72 Å². The first-order valence-corrected chi connectivity index (χ1v) is 11.1. The third-order valence-electron chi connectivity index (χ3n) is 5.60. The maximum atomic E-state index is 12.3. The van der Waals surface area contributed by atoms with E-state index in [0.717, 1.165) is 36.1 Å². The van der Waals surface area contributed by atoms with Gasteiger partial charge in [0.05, 0.1) is 16.9 Å². The van der Waals surface area contributed by atoms with Crippen LogP contribution in [0.5, 0.6) is 0 Å². The van der Waals surface area contributed by atoms with Crippen molar-refractivity contribution in [3.05, 3.63) is 71.7 Å². The van der Waals surface area contributed by atoms with Gasteiger partial charge in [-0.3, -0.25) is 0 Å². The molecule has 2 aromatic carbocycles. The van der Waals surface area contributed by atoms with Crippen LogP contribution in [0.4, 0.5) is 0 Å². The number of fused-ring (bicyclic) bond motifs is 1. The molecule has 0 spiro atoms. The second-order valence-corrected chi connectivity index (χ2v) is 9.33. The number of aromatic nitrogens is 2. The minimum Gasteiger partial charge on any atom is -0.340 e. The quantitative estimate of drug-likeness (QED) is 0.717. The first-order chi connectivity index (χ1) is 13.5. The predicted molar refractivity (Wildman–Crippen MR) is 111 cm³/mol. The van der Waals surface area contributed by atoms with E-state index in [2.05, 4.69) is 34.0 Å². The van der Waals surface area contributed by atoms with Gasteiger partial charge in [0.15, 0.2) is 0 Å². The largest absolute Gasteiger partial charge is 0.340 e. The van der Waals surface area contributed by atoms with E-state index in [4.69, 9.17) is 0 Å². The lowest BCUT2D eigenvalue weighted by Crippen LogP contribution is -2.19. The molecular formula is C22H25N3O2S. The monoisotopic (exact) mass is 395 g/mol. The summed E-state index contributed by atoms with van der Waals surface area (Å²) in [5.41, 5.74) is 5.69. The van der Waals surface area contributed by atoms with Crippen LogP contribution in [0.25, 0.3) is 11.3 Å². The van der Waals surface area contributed by atoms with Crippen LogP contribution in [-0.4, -0.2) is 25.0 Å².